The topological polar surface area (TPSA) is 45.8 Å². The monoisotopic (exact) mass is 274 g/mol. The van der Waals surface area contributed by atoms with Gasteiger partial charge in [-0.2, -0.15) is 18.3 Å². The van der Waals surface area contributed by atoms with Crippen molar-refractivity contribution in [2.75, 3.05) is 0 Å². The van der Waals surface area contributed by atoms with Gasteiger partial charge in [0.2, 0.25) is 0 Å². The Morgan fingerprint density at radius 1 is 1.17 bits per heavy atom. The van der Waals surface area contributed by atoms with E-state index in [4.69, 9.17) is 11.6 Å². The molecule has 3 nitrogen and oxygen atoms in total. The van der Waals surface area contributed by atoms with Gasteiger partial charge in [0.25, 0.3) is 5.56 Å². The molecule has 1 aromatic carbocycles. The SMILES string of the molecule is O=c1ccc(-c2cc(C(F)(F)F)ccc2Cl)n[nH]1. The highest BCUT2D eigenvalue weighted by atomic mass is 35.5. The fourth-order valence-electron chi connectivity index (χ4n) is 1.39. The van der Waals surface area contributed by atoms with E-state index in [1.54, 1.807) is 0 Å². The van der Waals surface area contributed by atoms with E-state index in [9.17, 15) is 18.0 Å². The fraction of sp³-hybridized carbons (Fsp3) is 0.0909. The van der Waals surface area contributed by atoms with Crippen molar-refractivity contribution < 1.29 is 13.2 Å². The van der Waals surface area contributed by atoms with Gasteiger partial charge in [0.05, 0.1) is 16.3 Å². The van der Waals surface area contributed by atoms with Crippen molar-refractivity contribution in [1.29, 1.82) is 0 Å². The van der Waals surface area contributed by atoms with Gasteiger partial charge in [-0.1, -0.05) is 11.6 Å². The van der Waals surface area contributed by atoms with Crippen LogP contribution < -0.4 is 5.56 Å². The quantitative estimate of drug-likeness (QED) is 0.868. The molecule has 0 saturated heterocycles. The predicted octanol–water partition coefficient (Wildman–Crippen LogP) is 3.11. The molecule has 0 aliphatic rings. The number of hydrogen-bond acceptors (Lipinski definition) is 2. The summed E-state index contributed by atoms with van der Waals surface area (Å²) in [4.78, 5) is 10.8. The van der Waals surface area contributed by atoms with Gasteiger partial charge >= 0.3 is 6.18 Å². The molecule has 0 aliphatic carbocycles. The molecule has 0 fully saturated rings. The van der Waals surface area contributed by atoms with E-state index >= 15 is 0 Å². The molecule has 0 atom stereocenters. The second kappa shape index (κ2) is 4.45. The van der Waals surface area contributed by atoms with Gasteiger partial charge in [-0.05, 0) is 24.3 Å². The number of alkyl halides is 3. The number of H-pyrrole nitrogens is 1. The highest BCUT2D eigenvalue weighted by Gasteiger charge is 2.31. The second-order valence-electron chi connectivity index (χ2n) is 3.50. The average Bonchev–Trinajstić information content (AvgIpc) is 2.29. The summed E-state index contributed by atoms with van der Waals surface area (Å²) < 4.78 is 37.7. The minimum absolute atomic E-state index is 0.114. The molecule has 2 rings (SSSR count). The minimum atomic E-state index is -4.46. The van der Waals surface area contributed by atoms with Gasteiger partial charge in [0.15, 0.2) is 0 Å². The maximum atomic E-state index is 12.6. The van der Waals surface area contributed by atoms with Gasteiger partial charge in [0.1, 0.15) is 0 Å². The molecule has 1 N–H and O–H groups in total. The van der Waals surface area contributed by atoms with Gasteiger partial charge in [0, 0.05) is 11.6 Å². The number of hydrogen-bond donors (Lipinski definition) is 1. The van der Waals surface area contributed by atoms with Crippen LogP contribution >= 0.6 is 11.6 Å². The maximum Gasteiger partial charge on any atom is 0.416 e. The third-order valence-corrected chi connectivity index (χ3v) is 2.58. The molecule has 0 saturated carbocycles. The number of nitrogens with one attached hydrogen (secondary N) is 1. The van der Waals surface area contributed by atoms with E-state index < -0.39 is 17.3 Å². The largest absolute Gasteiger partial charge is 0.416 e. The Kier molecular flexibility index (Phi) is 3.13. The molecule has 0 bridgehead atoms. The van der Waals surface area contributed by atoms with E-state index in [2.05, 4.69) is 10.2 Å². The minimum Gasteiger partial charge on any atom is -0.268 e. The number of aromatic nitrogens is 2. The summed E-state index contributed by atoms with van der Waals surface area (Å²) in [5.74, 6) is 0. The van der Waals surface area contributed by atoms with Gasteiger partial charge in [-0.25, -0.2) is 5.10 Å². The van der Waals surface area contributed by atoms with Crippen molar-refractivity contribution in [3.05, 3.63) is 51.3 Å². The third-order valence-electron chi connectivity index (χ3n) is 2.25. The van der Waals surface area contributed by atoms with Crippen molar-refractivity contribution in [3.8, 4) is 11.3 Å². The molecule has 94 valence electrons. The summed E-state index contributed by atoms with van der Waals surface area (Å²) in [6, 6.07) is 5.39. The number of benzene rings is 1. The summed E-state index contributed by atoms with van der Waals surface area (Å²) in [5.41, 5.74) is -0.981. The zero-order valence-corrected chi connectivity index (χ0v) is 9.51. The Bertz CT molecular complexity index is 616. The standard InChI is InChI=1S/C11H6ClF3N2O/c12-8-2-1-6(11(13,14)15)5-7(8)9-3-4-10(18)17-16-9/h1-5H,(H,17,18). The average molecular weight is 275 g/mol. The zero-order chi connectivity index (χ0) is 13.3. The number of aromatic amines is 1. The normalized spacial score (nSPS) is 11.6. The lowest BCUT2D eigenvalue weighted by Crippen LogP contribution is -2.07. The zero-order valence-electron chi connectivity index (χ0n) is 8.75. The van der Waals surface area contributed by atoms with E-state index in [0.717, 1.165) is 18.2 Å². The highest BCUT2D eigenvalue weighted by molar-refractivity contribution is 6.33. The Hall–Kier alpha value is -1.82. The molecule has 18 heavy (non-hydrogen) atoms. The molecule has 0 radical (unpaired) electrons. The van der Waals surface area contributed by atoms with E-state index in [0.29, 0.717) is 0 Å². The first kappa shape index (κ1) is 12.6. The van der Waals surface area contributed by atoms with Crippen LogP contribution in [-0.4, -0.2) is 10.2 Å². The first-order valence-electron chi connectivity index (χ1n) is 4.81. The molecule has 0 aliphatic heterocycles. The van der Waals surface area contributed by atoms with Crippen molar-refractivity contribution >= 4 is 11.6 Å². The van der Waals surface area contributed by atoms with Crippen LogP contribution in [0.15, 0.2) is 35.1 Å². The number of rotatable bonds is 1. The van der Waals surface area contributed by atoms with E-state index in [1.807, 2.05) is 0 Å². The van der Waals surface area contributed by atoms with Crippen LogP contribution in [0.1, 0.15) is 5.56 Å². The summed E-state index contributed by atoms with van der Waals surface area (Å²) >= 11 is 5.82. The van der Waals surface area contributed by atoms with Crippen molar-refractivity contribution in [2.45, 2.75) is 6.18 Å². The Balaban J connectivity index is 2.56. The molecule has 0 amide bonds. The molecule has 0 spiro atoms. The first-order chi connectivity index (χ1) is 8.38. The van der Waals surface area contributed by atoms with Crippen molar-refractivity contribution in [2.24, 2.45) is 0 Å². The van der Waals surface area contributed by atoms with Crippen molar-refractivity contribution in [1.82, 2.24) is 10.2 Å². The van der Waals surface area contributed by atoms with Crippen LogP contribution in [0.25, 0.3) is 11.3 Å². The summed E-state index contributed by atoms with van der Waals surface area (Å²) in [6.45, 7) is 0. The fourth-order valence-corrected chi connectivity index (χ4v) is 1.61. The predicted molar refractivity (Wildman–Crippen MR) is 60.3 cm³/mol. The van der Waals surface area contributed by atoms with Crippen LogP contribution in [0, 0.1) is 0 Å². The van der Waals surface area contributed by atoms with Crippen molar-refractivity contribution in [3.63, 3.8) is 0 Å². The Morgan fingerprint density at radius 3 is 2.44 bits per heavy atom. The lowest BCUT2D eigenvalue weighted by Gasteiger charge is -2.09. The lowest BCUT2D eigenvalue weighted by molar-refractivity contribution is -0.137. The molecule has 2 aromatic rings. The molecule has 1 heterocycles. The number of nitrogens with zero attached hydrogens (tertiary/aromatic N) is 1. The van der Waals surface area contributed by atoms with Crippen LogP contribution in [0.2, 0.25) is 5.02 Å². The van der Waals surface area contributed by atoms with Crippen LogP contribution in [0.4, 0.5) is 13.2 Å². The number of halogens is 4. The Morgan fingerprint density at radius 2 is 1.89 bits per heavy atom. The van der Waals surface area contributed by atoms with Gasteiger partial charge in [-0.3, -0.25) is 4.79 Å². The first-order valence-corrected chi connectivity index (χ1v) is 5.18. The lowest BCUT2D eigenvalue weighted by atomic mass is 10.1. The summed E-state index contributed by atoms with van der Waals surface area (Å²) in [5, 5.41) is 5.91. The molecular formula is C11H6ClF3N2O. The van der Waals surface area contributed by atoms with Crippen LogP contribution in [-0.2, 0) is 6.18 Å². The second-order valence-corrected chi connectivity index (χ2v) is 3.91. The highest BCUT2D eigenvalue weighted by Crippen LogP contribution is 2.34. The van der Waals surface area contributed by atoms with Crippen LogP contribution in [0.5, 0.6) is 0 Å². The van der Waals surface area contributed by atoms with E-state index in [1.165, 1.54) is 12.1 Å². The Labute approximate surface area is 104 Å². The smallest absolute Gasteiger partial charge is 0.268 e. The summed E-state index contributed by atoms with van der Waals surface area (Å²) in [6.07, 6.45) is -4.46. The molecule has 1 aromatic heterocycles. The van der Waals surface area contributed by atoms with Gasteiger partial charge < -0.3 is 0 Å². The molecule has 7 heteroatoms. The molecule has 0 unspecified atom stereocenters. The third kappa shape index (κ3) is 2.53. The van der Waals surface area contributed by atoms with Crippen LogP contribution in [0.3, 0.4) is 0 Å². The van der Waals surface area contributed by atoms with Gasteiger partial charge in [-0.15, -0.1) is 0 Å². The van der Waals surface area contributed by atoms with E-state index in [-0.39, 0.29) is 16.3 Å². The maximum absolute atomic E-state index is 12.6. The summed E-state index contributed by atoms with van der Waals surface area (Å²) in [7, 11) is 0. The molecular weight excluding hydrogens is 269 g/mol.